The summed E-state index contributed by atoms with van der Waals surface area (Å²) in [7, 11) is 1.48. The molecule has 2 aromatic rings. The number of nitrogens with one attached hydrogen (secondary N) is 2. The minimum atomic E-state index is -0.642. The van der Waals surface area contributed by atoms with E-state index in [0.717, 1.165) is 0 Å². The zero-order chi connectivity index (χ0) is 22.1. The Hall–Kier alpha value is -3.29. The van der Waals surface area contributed by atoms with Crippen LogP contribution in [-0.2, 0) is 9.53 Å². The highest BCUT2D eigenvalue weighted by molar-refractivity contribution is 5.93. The van der Waals surface area contributed by atoms with Crippen LogP contribution >= 0.6 is 0 Å². The van der Waals surface area contributed by atoms with Crippen LogP contribution in [0.3, 0.4) is 0 Å². The van der Waals surface area contributed by atoms with E-state index in [-0.39, 0.29) is 24.8 Å². The molecule has 0 unspecified atom stereocenters. The minimum Gasteiger partial charge on any atom is -0.495 e. The van der Waals surface area contributed by atoms with Crippen molar-refractivity contribution < 1.29 is 28.2 Å². The topological polar surface area (TPSA) is 85.9 Å². The molecule has 0 saturated heterocycles. The Morgan fingerprint density at radius 1 is 1.07 bits per heavy atom. The van der Waals surface area contributed by atoms with E-state index in [9.17, 15) is 14.0 Å². The Bertz CT molecular complexity index is 880. The third-order valence-electron chi connectivity index (χ3n) is 3.73. The Labute approximate surface area is 175 Å². The predicted octanol–water partition coefficient (Wildman–Crippen LogP) is 4.98. The lowest BCUT2D eigenvalue weighted by Gasteiger charge is -2.20. The van der Waals surface area contributed by atoms with Crippen molar-refractivity contribution in [3.05, 3.63) is 48.3 Å². The van der Waals surface area contributed by atoms with E-state index in [4.69, 9.17) is 14.2 Å². The van der Waals surface area contributed by atoms with Gasteiger partial charge in [0.15, 0.2) is 0 Å². The first-order chi connectivity index (χ1) is 14.2. The van der Waals surface area contributed by atoms with E-state index < -0.39 is 11.7 Å². The average Bonchev–Trinajstić information content (AvgIpc) is 2.64. The highest BCUT2D eigenvalue weighted by Crippen LogP contribution is 2.28. The molecule has 8 heteroatoms. The van der Waals surface area contributed by atoms with E-state index in [0.29, 0.717) is 29.3 Å². The molecule has 2 aromatic carbocycles. The van der Waals surface area contributed by atoms with Crippen LogP contribution in [0.2, 0.25) is 0 Å². The highest BCUT2D eigenvalue weighted by atomic mass is 19.1. The second-order valence-corrected chi connectivity index (χ2v) is 7.50. The molecule has 2 rings (SSSR count). The normalized spacial score (nSPS) is 10.8. The summed E-state index contributed by atoms with van der Waals surface area (Å²) in [6.07, 6.45) is 0.0521. The van der Waals surface area contributed by atoms with Gasteiger partial charge in [-0.15, -0.1) is 0 Å². The molecule has 0 saturated carbocycles. The van der Waals surface area contributed by atoms with Gasteiger partial charge in [-0.1, -0.05) is 6.07 Å². The van der Waals surface area contributed by atoms with Crippen LogP contribution in [0.25, 0.3) is 0 Å². The van der Waals surface area contributed by atoms with Crippen LogP contribution in [0.15, 0.2) is 42.5 Å². The van der Waals surface area contributed by atoms with Crippen LogP contribution in [0, 0.1) is 5.82 Å². The summed E-state index contributed by atoms with van der Waals surface area (Å²) >= 11 is 0. The smallest absolute Gasteiger partial charge is 0.412 e. The minimum absolute atomic E-state index is 0.216. The second-order valence-electron chi connectivity index (χ2n) is 7.50. The molecule has 162 valence electrons. The van der Waals surface area contributed by atoms with Crippen molar-refractivity contribution in [3.8, 4) is 11.5 Å². The standard InChI is InChI=1S/C22H27FN2O5/c1-22(2,3)30-21(27)25-18-14-16(10-11-19(18)28-4)24-20(26)9-6-12-29-17-8-5-7-15(23)13-17/h5,7-8,10-11,13-14H,6,9,12H2,1-4H3,(H,24,26)(H,25,27). The van der Waals surface area contributed by atoms with Gasteiger partial charge in [-0.25, -0.2) is 9.18 Å². The van der Waals surface area contributed by atoms with Gasteiger partial charge >= 0.3 is 6.09 Å². The third-order valence-corrected chi connectivity index (χ3v) is 3.73. The summed E-state index contributed by atoms with van der Waals surface area (Å²) in [5.41, 5.74) is 0.230. The predicted molar refractivity (Wildman–Crippen MR) is 113 cm³/mol. The Morgan fingerprint density at radius 3 is 2.50 bits per heavy atom. The van der Waals surface area contributed by atoms with Crippen molar-refractivity contribution >= 4 is 23.4 Å². The first-order valence-electron chi connectivity index (χ1n) is 9.52. The lowest BCUT2D eigenvalue weighted by Crippen LogP contribution is -2.27. The molecule has 0 heterocycles. The van der Waals surface area contributed by atoms with Gasteiger partial charge in [-0.3, -0.25) is 10.1 Å². The second kappa shape index (κ2) is 10.5. The molecular formula is C22H27FN2O5. The van der Waals surface area contributed by atoms with Crippen LogP contribution in [0.1, 0.15) is 33.6 Å². The van der Waals surface area contributed by atoms with Gasteiger partial charge < -0.3 is 19.5 Å². The molecule has 7 nitrogen and oxygen atoms in total. The lowest BCUT2D eigenvalue weighted by molar-refractivity contribution is -0.116. The molecule has 0 aromatic heterocycles. The van der Waals surface area contributed by atoms with Crippen molar-refractivity contribution in [2.45, 2.75) is 39.2 Å². The van der Waals surface area contributed by atoms with Gasteiger partial charge in [-0.2, -0.15) is 0 Å². The summed E-state index contributed by atoms with van der Waals surface area (Å²) in [4.78, 5) is 24.2. The molecule has 0 aliphatic carbocycles. The number of hydrogen-bond acceptors (Lipinski definition) is 5. The number of anilines is 2. The fourth-order valence-electron chi connectivity index (χ4n) is 2.50. The maximum Gasteiger partial charge on any atom is 0.412 e. The number of halogens is 1. The highest BCUT2D eigenvalue weighted by Gasteiger charge is 2.18. The molecule has 0 aliphatic heterocycles. The number of methoxy groups -OCH3 is 1. The molecule has 30 heavy (non-hydrogen) atoms. The first kappa shape index (κ1) is 23.0. The Balaban J connectivity index is 1.87. The first-order valence-corrected chi connectivity index (χ1v) is 9.52. The molecule has 0 bridgehead atoms. The molecule has 2 N–H and O–H groups in total. The van der Waals surface area contributed by atoms with Crippen LogP contribution in [-0.4, -0.2) is 31.3 Å². The van der Waals surface area contributed by atoms with Crippen LogP contribution in [0.4, 0.5) is 20.6 Å². The number of carbonyl (C=O) groups excluding carboxylic acids is 2. The Morgan fingerprint density at radius 2 is 1.83 bits per heavy atom. The van der Waals surface area contributed by atoms with E-state index in [2.05, 4.69) is 10.6 Å². The molecule has 0 fully saturated rings. The third kappa shape index (κ3) is 7.98. The van der Waals surface area contributed by atoms with Crippen LogP contribution < -0.4 is 20.1 Å². The number of amides is 2. The summed E-state index contributed by atoms with van der Waals surface area (Å²) in [5, 5.41) is 5.38. The molecule has 0 spiro atoms. The Kier molecular flexibility index (Phi) is 8.03. The van der Waals surface area contributed by atoms with Crippen molar-refractivity contribution in [2.75, 3.05) is 24.4 Å². The summed E-state index contributed by atoms with van der Waals surface area (Å²) in [5.74, 6) is 0.262. The van der Waals surface area contributed by atoms with Crippen molar-refractivity contribution in [1.82, 2.24) is 0 Å². The van der Waals surface area contributed by atoms with Gasteiger partial charge in [0.05, 0.1) is 19.4 Å². The zero-order valence-corrected chi connectivity index (χ0v) is 17.6. The largest absolute Gasteiger partial charge is 0.495 e. The number of benzene rings is 2. The van der Waals surface area contributed by atoms with Gasteiger partial charge in [0.1, 0.15) is 22.9 Å². The molecule has 0 aliphatic rings. The van der Waals surface area contributed by atoms with E-state index >= 15 is 0 Å². The number of rotatable bonds is 8. The maximum absolute atomic E-state index is 13.1. The summed E-state index contributed by atoms with van der Waals surface area (Å²) in [6, 6.07) is 10.7. The van der Waals surface area contributed by atoms with Crippen LogP contribution in [0.5, 0.6) is 11.5 Å². The number of hydrogen-bond donors (Lipinski definition) is 2. The molecule has 0 radical (unpaired) electrons. The van der Waals surface area contributed by atoms with Crippen molar-refractivity contribution in [3.63, 3.8) is 0 Å². The summed E-state index contributed by atoms with van der Waals surface area (Å²) in [6.45, 7) is 5.57. The number of ether oxygens (including phenoxy) is 3. The van der Waals surface area contributed by atoms with E-state index in [1.807, 2.05) is 0 Å². The van der Waals surface area contributed by atoms with Crippen molar-refractivity contribution in [2.24, 2.45) is 0 Å². The van der Waals surface area contributed by atoms with Gasteiger partial charge in [-0.05, 0) is 57.5 Å². The van der Waals surface area contributed by atoms with Gasteiger partial charge in [0, 0.05) is 18.2 Å². The maximum atomic E-state index is 13.1. The molecular weight excluding hydrogens is 391 g/mol. The fraction of sp³-hybridized carbons (Fsp3) is 0.364. The van der Waals surface area contributed by atoms with E-state index in [1.54, 1.807) is 51.1 Å². The zero-order valence-electron chi connectivity index (χ0n) is 17.6. The lowest BCUT2D eigenvalue weighted by atomic mass is 10.2. The molecule has 2 amide bonds. The number of carbonyl (C=O) groups is 2. The average molecular weight is 418 g/mol. The molecule has 0 atom stereocenters. The van der Waals surface area contributed by atoms with E-state index in [1.165, 1.54) is 19.2 Å². The SMILES string of the molecule is COc1ccc(NC(=O)CCCOc2cccc(F)c2)cc1NC(=O)OC(C)(C)C. The fourth-order valence-corrected chi connectivity index (χ4v) is 2.50. The van der Waals surface area contributed by atoms with Crippen molar-refractivity contribution in [1.29, 1.82) is 0 Å². The monoisotopic (exact) mass is 418 g/mol. The van der Waals surface area contributed by atoms with Gasteiger partial charge in [0.25, 0.3) is 0 Å². The summed E-state index contributed by atoms with van der Waals surface area (Å²) < 4.78 is 29.0. The van der Waals surface area contributed by atoms with Gasteiger partial charge in [0.2, 0.25) is 5.91 Å². The quantitative estimate of drug-likeness (QED) is 0.591.